The molecule has 0 spiro atoms. The predicted molar refractivity (Wildman–Crippen MR) is 115 cm³/mol. The molecule has 0 radical (unpaired) electrons. The summed E-state index contributed by atoms with van der Waals surface area (Å²) in [5, 5.41) is 0.942. The number of nitrogens with zero attached hydrogens (tertiary/aromatic N) is 2. The highest BCUT2D eigenvalue weighted by Crippen LogP contribution is 2.21. The summed E-state index contributed by atoms with van der Waals surface area (Å²) in [5.41, 5.74) is 4.52. The van der Waals surface area contributed by atoms with Gasteiger partial charge < -0.3 is 9.88 Å². The van der Waals surface area contributed by atoms with E-state index < -0.39 is 0 Å². The summed E-state index contributed by atoms with van der Waals surface area (Å²) in [6.07, 6.45) is 3.17. The molecule has 1 amide bonds. The first kappa shape index (κ1) is 18.6. The Labute approximate surface area is 168 Å². The van der Waals surface area contributed by atoms with Gasteiger partial charge in [0.05, 0.1) is 12.1 Å². The van der Waals surface area contributed by atoms with Gasteiger partial charge in [0.25, 0.3) is 11.5 Å². The van der Waals surface area contributed by atoms with Gasteiger partial charge in [-0.05, 0) is 61.7 Å². The lowest BCUT2D eigenvalue weighted by Crippen LogP contribution is -2.33. The van der Waals surface area contributed by atoms with Crippen LogP contribution in [-0.4, -0.2) is 15.9 Å². The second-order valence-electron chi connectivity index (χ2n) is 7.18. The van der Waals surface area contributed by atoms with Crippen LogP contribution >= 0.6 is 0 Å². The minimum absolute atomic E-state index is 0.163. The molecule has 0 saturated carbocycles. The lowest BCUT2D eigenvalue weighted by Gasteiger charge is -2.23. The van der Waals surface area contributed by atoms with Crippen molar-refractivity contribution < 1.29 is 4.79 Å². The number of anilines is 1. The number of hydrogen-bond donors (Lipinski definition) is 1. The fourth-order valence-corrected chi connectivity index (χ4v) is 3.31. The van der Waals surface area contributed by atoms with E-state index >= 15 is 0 Å². The Morgan fingerprint density at radius 1 is 1.00 bits per heavy atom. The maximum absolute atomic E-state index is 13.2. The number of amides is 1. The number of pyridine rings is 2. The maximum Gasteiger partial charge on any atom is 0.260 e. The molecule has 0 fully saturated rings. The fraction of sp³-hybridized carbons (Fsp3) is 0.125. The number of carbonyl (C=O) groups excluding carboxylic acids is 1. The molecule has 144 valence electrons. The topological polar surface area (TPSA) is 66.1 Å². The first-order chi connectivity index (χ1) is 14.0. The number of nitrogens with one attached hydrogen (secondary N) is 1. The summed E-state index contributed by atoms with van der Waals surface area (Å²) in [7, 11) is 0. The minimum atomic E-state index is -0.203. The fourth-order valence-electron chi connectivity index (χ4n) is 3.31. The van der Waals surface area contributed by atoms with E-state index in [1.807, 2.05) is 62.4 Å². The van der Waals surface area contributed by atoms with Gasteiger partial charge in [-0.2, -0.15) is 0 Å². The molecule has 4 rings (SSSR count). The van der Waals surface area contributed by atoms with Crippen LogP contribution < -0.4 is 10.5 Å². The van der Waals surface area contributed by atoms with Crippen molar-refractivity contribution in [1.82, 2.24) is 9.97 Å². The van der Waals surface area contributed by atoms with Crippen molar-refractivity contribution in [3.63, 3.8) is 0 Å². The molecule has 1 N–H and O–H groups in total. The molecular formula is C24H21N3O2. The molecule has 0 aliphatic carbocycles. The minimum Gasteiger partial charge on any atom is -0.322 e. The van der Waals surface area contributed by atoms with Crippen molar-refractivity contribution in [2.45, 2.75) is 20.4 Å². The monoisotopic (exact) mass is 383 g/mol. The van der Waals surface area contributed by atoms with Crippen LogP contribution in [0.1, 0.15) is 27.0 Å². The Bertz CT molecular complexity index is 1230. The highest BCUT2D eigenvalue weighted by Gasteiger charge is 2.20. The number of carbonyl (C=O) groups is 1. The van der Waals surface area contributed by atoms with Gasteiger partial charge >= 0.3 is 0 Å². The predicted octanol–water partition coefficient (Wildman–Crippen LogP) is 4.39. The van der Waals surface area contributed by atoms with Gasteiger partial charge in [-0.25, -0.2) is 0 Å². The summed E-state index contributed by atoms with van der Waals surface area (Å²) in [6, 6.07) is 18.9. The number of aromatic nitrogens is 2. The number of fused-ring (bicyclic) bond motifs is 1. The zero-order chi connectivity index (χ0) is 20.4. The number of aryl methyl sites for hydroxylation is 2. The van der Waals surface area contributed by atoms with Crippen molar-refractivity contribution in [1.29, 1.82) is 0 Å². The summed E-state index contributed by atoms with van der Waals surface area (Å²) in [5.74, 6) is -0.203. The molecule has 0 unspecified atom stereocenters. The quantitative estimate of drug-likeness (QED) is 0.568. The molecule has 0 aliphatic rings. The summed E-state index contributed by atoms with van der Waals surface area (Å²) < 4.78 is 0. The average Bonchev–Trinajstić information content (AvgIpc) is 2.73. The summed E-state index contributed by atoms with van der Waals surface area (Å²) in [6.45, 7) is 4.16. The first-order valence-electron chi connectivity index (χ1n) is 9.42. The van der Waals surface area contributed by atoms with Crippen LogP contribution in [-0.2, 0) is 6.54 Å². The Balaban J connectivity index is 1.78. The van der Waals surface area contributed by atoms with Crippen LogP contribution in [0.15, 0.2) is 77.9 Å². The lowest BCUT2D eigenvalue weighted by atomic mass is 10.1. The number of rotatable bonds is 4. The molecule has 5 heteroatoms. The summed E-state index contributed by atoms with van der Waals surface area (Å²) in [4.78, 5) is 34.5. The second kappa shape index (κ2) is 7.72. The standard InChI is InChI=1S/C24H21N3O2/c1-16-5-8-21(9-6-16)27(24(29)18-4-3-11-25-14-18)15-20-13-19-12-17(2)7-10-22(19)26-23(20)28/h3-14H,15H2,1-2H3,(H,26,28). The van der Waals surface area contributed by atoms with E-state index in [0.29, 0.717) is 11.1 Å². The molecule has 2 aromatic heterocycles. The normalized spacial score (nSPS) is 10.8. The van der Waals surface area contributed by atoms with Crippen LogP contribution in [0.25, 0.3) is 10.9 Å². The molecule has 0 bridgehead atoms. The van der Waals surface area contributed by atoms with Crippen LogP contribution in [0.5, 0.6) is 0 Å². The molecule has 0 saturated heterocycles. The number of aromatic amines is 1. The van der Waals surface area contributed by atoms with E-state index in [4.69, 9.17) is 0 Å². The first-order valence-corrected chi connectivity index (χ1v) is 9.42. The van der Waals surface area contributed by atoms with Crippen LogP contribution in [0.2, 0.25) is 0 Å². The molecule has 29 heavy (non-hydrogen) atoms. The Morgan fingerprint density at radius 2 is 1.76 bits per heavy atom. The van der Waals surface area contributed by atoms with Gasteiger partial charge in [-0.1, -0.05) is 29.3 Å². The molecule has 5 nitrogen and oxygen atoms in total. The molecule has 0 atom stereocenters. The van der Waals surface area contributed by atoms with E-state index in [-0.39, 0.29) is 18.0 Å². The molecular weight excluding hydrogens is 362 g/mol. The van der Waals surface area contributed by atoms with Gasteiger partial charge in [0.1, 0.15) is 0 Å². The Hall–Kier alpha value is -3.73. The third kappa shape index (κ3) is 3.94. The third-order valence-electron chi connectivity index (χ3n) is 4.90. The van der Waals surface area contributed by atoms with Gasteiger partial charge in [0.15, 0.2) is 0 Å². The Morgan fingerprint density at radius 3 is 2.48 bits per heavy atom. The zero-order valence-electron chi connectivity index (χ0n) is 16.3. The van der Waals surface area contributed by atoms with E-state index in [1.165, 1.54) is 6.20 Å². The smallest absolute Gasteiger partial charge is 0.260 e. The molecule has 2 heterocycles. The van der Waals surface area contributed by atoms with Gasteiger partial charge in [-0.3, -0.25) is 14.6 Å². The number of benzene rings is 2. The van der Waals surface area contributed by atoms with Crippen molar-refractivity contribution in [2.75, 3.05) is 4.90 Å². The van der Waals surface area contributed by atoms with Crippen LogP contribution in [0.4, 0.5) is 5.69 Å². The van der Waals surface area contributed by atoms with Gasteiger partial charge in [-0.15, -0.1) is 0 Å². The molecule has 4 aromatic rings. The highest BCUT2D eigenvalue weighted by atomic mass is 16.2. The number of H-pyrrole nitrogens is 1. The molecule has 2 aromatic carbocycles. The van der Waals surface area contributed by atoms with E-state index in [2.05, 4.69) is 9.97 Å². The van der Waals surface area contributed by atoms with Crippen LogP contribution in [0.3, 0.4) is 0 Å². The maximum atomic E-state index is 13.2. The zero-order valence-corrected chi connectivity index (χ0v) is 16.3. The van der Waals surface area contributed by atoms with E-state index in [0.717, 1.165) is 27.7 Å². The second-order valence-corrected chi connectivity index (χ2v) is 7.18. The van der Waals surface area contributed by atoms with E-state index in [1.54, 1.807) is 23.2 Å². The van der Waals surface area contributed by atoms with Gasteiger partial charge in [0.2, 0.25) is 0 Å². The number of hydrogen-bond acceptors (Lipinski definition) is 3. The summed E-state index contributed by atoms with van der Waals surface area (Å²) >= 11 is 0. The molecule has 0 aliphatic heterocycles. The van der Waals surface area contributed by atoms with E-state index in [9.17, 15) is 9.59 Å². The van der Waals surface area contributed by atoms with Crippen molar-refractivity contribution in [3.05, 3.63) is 106 Å². The lowest BCUT2D eigenvalue weighted by molar-refractivity contribution is 0.0984. The van der Waals surface area contributed by atoms with Gasteiger partial charge in [0, 0.05) is 29.2 Å². The largest absolute Gasteiger partial charge is 0.322 e. The van der Waals surface area contributed by atoms with Crippen molar-refractivity contribution in [3.8, 4) is 0 Å². The third-order valence-corrected chi connectivity index (χ3v) is 4.90. The van der Waals surface area contributed by atoms with Crippen LogP contribution in [0, 0.1) is 13.8 Å². The highest BCUT2D eigenvalue weighted by molar-refractivity contribution is 6.05. The van der Waals surface area contributed by atoms with Crippen molar-refractivity contribution in [2.24, 2.45) is 0 Å². The average molecular weight is 383 g/mol. The SMILES string of the molecule is Cc1ccc(N(Cc2cc3cc(C)ccc3[nH]c2=O)C(=O)c2cccnc2)cc1. The Kier molecular flexibility index (Phi) is 4.96. The van der Waals surface area contributed by atoms with Crippen molar-refractivity contribution >= 4 is 22.5 Å².